The van der Waals surface area contributed by atoms with Gasteiger partial charge in [-0.05, 0) is 43.9 Å². The molecule has 4 rings (SSSR count). The fourth-order valence-electron chi connectivity index (χ4n) is 2.95. The van der Waals surface area contributed by atoms with Gasteiger partial charge in [-0.15, -0.1) is 10.2 Å². The van der Waals surface area contributed by atoms with Crippen LogP contribution in [-0.2, 0) is 14.8 Å². The van der Waals surface area contributed by atoms with Crippen molar-refractivity contribution in [2.24, 2.45) is 0 Å². The highest BCUT2D eigenvalue weighted by molar-refractivity contribution is 7.99. The molecule has 150 valence electrons. The van der Waals surface area contributed by atoms with Gasteiger partial charge in [0.05, 0.1) is 10.6 Å². The minimum atomic E-state index is -3.54. The lowest BCUT2D eigenvalue weighted by Crippen LogP contribution is -2.22. The van der Waals surface area contributed by atoms with Gasteiger partial charge in [0.2, 0.25) is 15.9 Å². The molecule has 1 aromatic carbocycles. The van der Waals surface area contributed by atoms with E-state index in [-0.39, 0.29) is 16.6 Å². The van der Waals surface area contributed by atoms with Crippen molar-refractivity contribution in [3.05, 3.63) is 30.1 Å². The van der Waals surface area contributed by atoms with E-state index in [1.54, 1.807) is 12.1 Å². The highest BCUT2D eigenvalue weighted by Crippen LogP contribution is 2.45. The molecule has 0 radical (unpaired) electrons. The molecular formula is C18H23N5O3S2. The maximum absolute atomic E-state index is 12.4. The van der Waals surface area contributed by atoms with Crippen molar-refractivity contribution in [3.8, 4) is 0 Å². The lowest BCUT2D eigenvalue weighted by Gasteiger charge is -2.12. The summed E-state index contributed by atoms with van der Waals surface area (Å²) >= 11 is 1.37. The fraction of sp³-hybridized carbons (Fsp3) is 0.500. The van der Waals surface area contributed by atoms with Gasteiger partial charge in [-0.2, -0.15) is 0 Å². The van der Waals surface area contributed by atoms with Crippen molar-refractivity contribution in [3.63, 3.8) is 0 Å². The zero-order valence-electron chi connectivity index (χ0n) is 15.8. The molecule has 0 bridgehead atoms. The summed E-state index contributed by atoms with van der Waals surface area (Å²) in [5.74, 6) is 1.58. The van der Waals surface area contributed by atoms with E-state index >= 15 is 0 Å². The molecule has 2 aliphatic rings. The molecule has 2 saturated carbocycles. The second kappa shape index (κ2) is 7.49. The second-order valence-corrected chi connectivity index (χ2v) is 10.5. The van der Waals surface area contributed by atoms with Crippen LogP contribution in [0.4, 0.5) is 5.69 Å². The SMILES string of the molecule is CN(C)S(=O)(=O)c1cccc(NC(=O)CSc2nnc(C3CC3)n2C2CC2)c1. The molecule has 8 nitrogen and oxygen atoms in total. The quantitative estimate of drug-likeness (QED) is 0.658. The molecule has 1 heterocycles. The molecule has 1 N–H and O–H groups in total. The zero-order chi connectivity index (χ0) is 19.9. The number of nitrogens with one attached hydrogen (secondary N) is 1. The van der Waals surface area contributed by atoms with Crippen molar-refractivity contribution in [1.29, 1.82) is 0 Å². The topological polar surface area (TPSA) is 97.2 Å². The number of hydrogen-bond acceptors (Lipinski definition) is 6. The van der Waals surface area contributed by atoms with Crippen LogP contribution in [0.25, 0.3) is 0 Å². The molecule has 10 heteroatoms. The van der Waals surface area contributed by atoms with Gasteiger partial charge in [-0.3, -0.25) is 4.79 Å². The summed E-state index contributed by atoms with van der Waals surface area (Å²) in [6.07, 6.45) is 4.62. The summed E-state index contributed by atoms with van der Waals surface area (Å²) in [5.41, 5.74) is 0.454. The minimum absolute atomic E-state index is 0.144. The number of carbonyl (C=O) groups excluding carboxylic acids is 1. The number of hydrogen-bond donors (Lipinski definition) is 1. The average molecular weight is 422 g/mol. The molecule has 1 amide bonds. The Bertz CT molecular complexity index is 994. The van der Waals surface area contributed by atoms with E-state index < -0.39 is 10.0 Å². The summed E-state index contributed by atoms with van der Waals surface area (Å²) in [7, 11) is -0.592. The van der Waals surface area contributed by atoms with Gasteiger partial charge in [0.1, 0.15) is 5.82 Å². The van der Waals surface area contributed by atoms with E-state index in [9.17, 15) is 13.2 Å². The van der Waals surface area contributed by atoms with Gasteiger partial charge in [0.15, 0.2) is 5.16 Å². The predicted octanol–water partition coefficient (Wildman–Crippen LogP) is 2.47. The summed E-state index contributed by atoms with van der Waals surface area (Å²) in [5, 5.41) is 12.2. The van der Waals surface area contributed by atoms with Crippen molar-refractivity contribution in [2.45, 2.75) is 47.7 Å². The van der Waals surface area contributed by atoms with E-state index in [0.717, 1.165) is 28.1 Å². The van der Waals surface area contributed by atoms with Gasteiger partial charge < -0.3 is 9.88 Å². The Kier molecular flexibility index (Phi) is 5.19. The van der Waals surface area contributed by atoms with Gasteiger partial charge in [-0.25, -0.2) is 12.7 Å². The fourth-order valence-corrected chi connectivity index (χ4v) is 4.72. The van der Waals surface area contributed by atoms with Crippen LogP contribution in [0.15, 0.2) is 34.3 Å². The Morgan fingerprint density at radius 2 is 2.00 bits per heavy atom. The van der Waals surface area contributed by atoms with Crippen LogP contribution < -0.4 is 5.32 Å². The molecular weight excluding hydrogens is 398 g/mol. The molecule has 0 aliphatic heterocycles. The molecule has 0 unspecified atom stereocenters. The number of thioether (sulfide) groups is 1. The lowest BCUT2D eigenvalue weighted by molar-refractivity contribution is -0.113. The van der Waals surface area contributed by atoms with Crippen LogP contribution in [0, 0.1) is 0 Å². The average Bonchev–Trinajstić information content (AvgIpc) is 3.59. The number of rotatable bonds is 8. The molecule has 2 aliphatic carbocycles. The summed E-state index contributed by atoms with van der Waals surface area (Å²) in [6.45, 7) is 0. The highest BCUT2D eigenvalue weighted by Gasteiger charge is 2.36. The Labute approximate surface area is 168 Å². The first-order valence-corrected chi connectivity index (χ1v) is 11.7. The first-order chi connectivity index (χ1) is 13.4. The number of carbonyl (C=O) groups is 1. The van der Waals surface area contributed by atoms with Crippen molar-refractivity contribution >= 4 is 33.4 Å². The van der Waals surface area contributed by atoms with Gasteiger partial charge >= 0.3 is 0 Å². The van der Waals surface area contributed by atoms with Crippen LogP contribution >= 0.6 is 11.8 Å². The predicted molar refractivity (Wildman–Crippen MR) is 107 cm³/mol. The third kappa shape index (κ3) is 4.08. The Balaban J connectivity index is 1.41. The maximum atomic E-state index is 12.4. The molecule has 2 fully saturated rings. The zero-order valence-corrected chi connectivity index (χ0v) is 17.5. The Hall–Kier alpha value is -1.91. The second-order valence-electron chi connectivity index (χ2n) is 7.37. The Morgan fingerprint density at radius 1 is 1.25 bits per heavy atom. The van der Waals surface area contributed by atoms with E-state index in [0.29, 0.717) is 17.6 Å². The van der Waals surface area contributed by atoms with Crippen molar-refractivity contribution in [1.82, 2.24) is 19.1 Å². The molecule has 0 saturated heterocycles. The lowest BCUT2D eigenvalue weighted by atomic mass is 10.3. The van der Waals surface area contributed by atoms with Crippen LogP contribution in [0.3, 0.4) is 0 Å². The first kappa shape index (κ1) is 19.4. The molecule has 28 heavy (non-hydrogen) atoms. The van der Waals surface area contributed by atoms with Crippen LogP contribution in [0.5, 0.6) is 0 Å². The minimum Gasteiger partial charge on any atom is -0.325 e. The molecule has 1 aromatic heterocycles. The summed E-state index contributed by atoms with van der Waals surface area (Å²) in [4.78, 5) is 12.5. The number of sulfonamides is 1. The molecule has 0 atom stereocenters. The number of benzene rings is 1. The highest BCUT2D eigenvalue weighted by atomic mass is 32.2. The maximum Gasteiger partial charge on any atom is 0.242 e. The molecule has 0 spiro atoms. The number of aromatic nitrogens is 3. The Morgan fingerprint density at radius 3 is 2.64 bits per heavy atom. The first-order valence-electron chi connectivity index (χ1n) is 9.26. The number of anilines is 1. The van der Waals surface area contributed by atoms with E-state index in [4.69, 9.17) is 0 Å². The van der Waals surface area contributed by atoms with Gasteiger partial charge in [0.25, 0.3) is 0 Å². The van der Waals surface area contributed by atoms with E-state index in [2.05, 4.69) is 20.1 Å². The van der Waals surface area contributed by atoms with E-state index in [1.807, 2.05) is 0 Å². The number of amides is 1. The standard InChI is InChI=1S/C18H23N5O3S2/c1-22(2)28(25,26)15-5-3-4-13(10-15)19-16(24)11-27-18-21-20-17(12-6-7-12)23(18)14-8-9-14/h3-5,10,12,14H,6-9,11H2,1-2H3,(H,19,24). The monoisotopic (exact) mass is 421 g/mol. The van der Waals surface area contributed by atoms with Crippen LogP contribution in [0.2, 0.25) is 0 Å². The van der Waals surface area contributed by atoms with Crippen LogP contribution in [0.1, 0.15) is 43.5 Å². The summed E-state index contributed by atoms with van der Waals surface area (Å²) < 4.78 is 27.8. The van der Waals surface area contributed by atoms with E-state index in [1.165, 1.54) is 50.8 Å². The van der Waals surface area contributed by atoms with Gasteiger partial charge in [0, 0.05) is 31.7 Å². The van der Waals surface area contributed by atoms with Gasteiger partial charge in [-0.1, -0.05) is 17.8 Å². The van der Waals surface area contributed by atoms with Crippen molar-refractivity contribution in [2.75, 3.05) is 25.2 Å². The third-order valence-electron chi connectivity index (χ3n) is 4.77. The van der Waals surface area contributed by atoms with Crippen LogP contribution in [-0.4, -0.2) is 53.2 Å². The largest absolute Gasteiger partial charge is 0.325 e. The molecule has 2 aromatic rings. The number of nitrogens with zero attached hydrogens (tertiary/aromatic N) is 4. The normalized spacial score (nSPS) is 17.1. The third-order valence-corrected chi connectivity index (χ3v) is 7.53. The smallest absolute Gasteiger partial charge is 0.242 e. The summed E-state index contributed by atoms with van der Waals surface area (Å²) in [6, 6.07) is 6.75. The van der Waals surface area contributed by atoms with Crippen molar-refractivity contribution < 1.29 is 13.2 Å².